The molecular weight excluding hydrogens is 851 g/mol. The van der Waals surface area contributed by atoms with E-state index in [4.69, 9.17) is 9.47 Å². The van der Waals surface area contributed by atoms with Gasteiger partial charge in [0.15, 0.2) is 6.29 Å². The predicted octanol–water partition coefficient (Wildman–Crippen LogP) is 13.9. The van der Waals surface area contributed by atoms with Crippen molar-refractivity contribution in [3.05, 3.63) is 60.8 Å². The van der Waals surface area contributed by atoms with Crippen LogP contribution in [0.3, 0.4) is 0 Å². The average molecular weight is 959 g/mol. The maximum Gasteiger partial charge on any atom is 0.220 e. The molecule has 1 heterocycles. The molecule has 6 N–H and O–H groups in total. The summed E-state index contributed by atoms with van der Waals surface area (Å²) in [5.74, 6) is -0.188. The number of nitrogens with one attached hydrogen (secondary N) is 1. The van der Waals surface area contributed by atoms with Crippen molar-refractivity contribution < 1.29 is 39.8 Å². The van der Waals surface area contributed by atoms with Gasteiger partial charge in [-0.15, -0.1) is 0 Å². The minimum atomic E-state index is -1.57. The van der Waals surface area contributed by atoms with Crippen molar-refractivity contribution in [2.24, 2.45) is 0 Å². The largest absolute Gasteiger partial charge is 0.394 e. The van der Waals surface area contributed by atoms with Gasteiger partial charge in [-0.2, -0.15) is 0 Å². The van der Waals surface area contributed by atoms with Crippen LogP contribution in [0, 0.1) is 0 Å². The number of hydrogen-bond donors (Lipinski definition) is 6. The van der Waals surface area contributed by atoms with E-state index in [0.717, 1.165) is 51.4 Å². The molecule has 1 aliphatic rings. The molecule has 1 rings (SSSR count). The van der Waals surface area contributed by atoms with E-state index < -0.39 is 49.5 Å². The molecule has 0 aliphatic carbocycles. The maximum atomic E-state index is 13.0. The number of amides is 1. The summed E-state index contributed by atoms with van der Waals surface area (Å²) in [6.07, 6.45) is 58.6. The third-order valence-electron chi connectivity index (χ3n) is 13.3. The number of carbonyl (C=O) groups excluding carboxylic acids is 1. The van der Waals surface area contributed by atoms with Gasteiger partial charge in [0, 0.05) is 6.42 Å². The van der Waals surface area contributed by atoms with Crippen molar-refractivity contribution in [1.29, 1.82) is 0 Å². The van der Waals surface area contributed by atoms with Crippen molar-refractivity contribution in [1.82, 2.24) is 5.32 Å². The van der Waals surface area contributed by atoms with Crippen molar-refractivity contribution in [2.75, 3.05) is 13.2 Å². The van der Waals surface area contributed by atoms with E-state index in [0.29, 0.717) is 6.42 Å². The van der Waals surface area contributed by atoms with Crippen LogP contribution in [0.15, 0.2) is 60.8 Å². The van der Waals surface area contributed by atoms with Crippen LogP contribution < -0.4 is 5.32 Å². The molecule has 9 heteroatoms. The first-order chi connectivity index (χ1) is 33.3. The summed E-state index contributed by atoms with van der Waals surface area (Å²) < 4.78 is 11.2. The number of ether oxygens (including phenoxy) is 2. The zero-order valence-corrected chi connectivity index (χ0v) is 43.9. The number of aliphatic hydroxyl groups is 5. The van der Waals surface area contributed by atoms with Gasteiger partial charge in [0.2, 0.25) is 5.91 Å². The van der Waals surface area contributed by atoms with Crippen LogP contribution in [0.2, 0.25) is 0 Å². The van der Waals surface area contributed by atoms with Gasteiger partial charge >= 0.3 is 0 Å². The van der Waals surface area contributed by atoms with Crippen LogP contribution in [0.4, 0.5) is 0 Å². The van der Waals surface area contributed by atoms with Crippen LogP contribution in [-0.2, 0) is 14.3 Å². The van der Waals surface area contributed by atoms with Crippen molar-refractivity contribution in [3.63, 3.8) is 0 Å². The fraction of sp³-hybridized carbons (Fsp3) is 0.814. The predicted molar refractivity (Wildman–Crippen MR) is 286 cm³/mol. The Kier molecular flexibility index (Phi) is 45.6. The molecule has 0 aromatic heterocycles. The van der Waals surface area contributed by atoms with Crippen LogP contribution in [-0.4, -0.2) is 87.5 Å². The van der Waals surface area contributed by atoms with Gasteiger partial charge in [0.25, 0.3) is 0 Å². The summed E-state index contributed by atoms with van der Waals surface area (Å²) in [6.45, 7) is 3.76. The van der Waals surface area contributed by atoms with E-state index in [1.54, 1.807) is 6.08 Å². The van der Waals surface area contributed by atoms with Gasteiger partial charge in [-0.05, 0) is 70.6 Å². The molecule has 1 saturated heterocycles. The van der Waals surface area contributed by atoms with Crippen LogP contribution in [0.25, 0.3) is 0 Å². The summed E-state index contributed by atoms with van der Waals surface area (Å²) in [7, 11) is 0. The van der Waals surface area contributed by atoms with E-state index in [1.165, 1.54) is 180 Å². The molecule has 0 spiro atoms. The van der Waals surface area contributed by atoms with Gasteiger partial charge in [-0.25, -0.2) is 0 Å². The van der Waals surface area contributed by atoms with E-state index >= 15 is 0 Å². The highest BCUT2D eigenvalue weighted by atomic mass is 16.7. The quantitative estimate of drug-likeness (QED) is 0.0261. The third kappa shape index (κ3) is 37.7. The monoisotopic (exact) mass is 958 g/mol. The number of allylic oxidation sites excluding steroid dienone is 9. The third-order valence-corrected chi connectivity index (χ3v) is 13.3. The SMILES string of the molecule is CCCCCCC/C=C\C/C=C\C/C=C\CCCCCCCCCCCCCCCCC(=O)NC(COC1OC(CO)C(O)C(O)C1O)C(O)/C=C/CC/C=C/CCCCCCCCCCCC. The fourth-order valence-corrected chi connectivity index (χ4v) is 8.77. The number of carbonyl (C=O) groups is 1. The molecule has 7 unspecified atom stereocenters. The number of rotatable bonds is 48. The Bertz CT molecular complexity index is 1250. The summed E-state index contributed by atoms with van der Waals surface area (Å²) in [4.78, 5) is 13.0. The number of hydrogen-bond acceptors (Lipinski definition) is 8. The topological polar surface area (TPSA) is 149 Å². The lowest BCUT2D eigenvalue weighted by molar-refractivity contribution is -0.302. The summed E-state index contributed by atoms with van der Waals surface area (Å²) in [6, 6.07) is -0.824. The molecule has 0 aromatic carbocycles. The van der Waals surface area contributed by atoms with Crippen LogP contribution >= 0.6 is 0 Å². The smallest absolute Gasteiger partial charge is 0.220 e. The highest BCUT2D eigenvalue weighted by Crippen LogP contribution is 2.23. The molecule has 9 nitrogen and oxygen atoms in total. The molecule has 0 aromatic rings. The van der Waals surface area contributed by atoms with Gasteiger partial charge in [0.05, 0.1) is 25.4 Å². The molecule has 7 atom stereocenters. The van der Waals surface area contributed by atoms with E-state index in [2.05, 4.69) is 67.8 Å². The van der Waals surface area contributed by atoms with Gasteiger partial charge in [-0.1, -0.05) is 235 Å². The van der Waals surface area contributed by atoms with Gasteiger partial charge in [-0.3, -0.25) is 4.79 Å². The highest BCUT2D eigenvalue weighted by molar-refractivity contribution is 5.76. The van der Waals surface area contributed by atoms with E-state index in [9.17, 15) is 30.3 Å². The first-order valence-electron chi connectivity index (χ1n) is 28.5. The van der Waals surface area contributed by atoms with Crippen molar-refractivity contribution in [3.8, 4) is 0 Å². The summed E-state index contributed by atoms with van der Waals surface area (Å²) in [5.41, 5.74) is 0. The molecular formula is C59H107NO8. The zero-order valence-electron chi connectivity index (χ0n) is 43.9. The Morgan fingerprint density at radius 2 is 0.882 bits per heavy atom. The Hall–Kier alpha value is -2.11. The zero-order chi connectivity index (χ0) is 49.4. The normalized spacial score (nSPS) is 20.0. The van der Waals surface area contributed by atoms with Crippen LogP contribution in [0.1, 0.15) is 251 Å². The summed E-state index contributed by atoms with van der Waals surface area (Å²) >= 11 is 0. The summed E-state index contributed by atoms with van der Waals surface area (Å²) in [5, 5.41) is 54.4. The number of aliphatic hydroxyl groups excluding tert-OH is 5. The lowest BCUT2D eigenvalue weighted by Gasteiger charge is -2.40. The molecule has 396 valence electrons. The lowest BCUT2D eigenvalue weighted by atomic mass is 9.99. The minimum Gasteiger partial charge on any atom is -0.394 e. The second kappa shape index (κ2) is 48.5. The van der Waals surface area contributed by atoms with E-state index in [1.807, 2.05) is 6.08 Å². The Morgan fingerprint density at radius 1 is 0.500 bits per heavy atom. The Balaban J connectivity index is 2.21. The molecule has 0 bridgehead atoms. The standard InChI is InChI=1S/C59H107NO8/c1-3-5-7-9-11-13-15-17-19-21-22-23-24-25-26-27-28-29-30-31-32-33-35-37-39-41-43-45-47-49-55(63)60-52(51-67-59-58(66)57(65)56(64)54(50-61)68-59)53(62)48-46-44-42-40-38-36-34-20-18-16-14-12-10-8-6-4-2/h15,17,21-22,24-25,38,40,46,48,52-54,56-59,61-62,64-66H,3-14,16,18-20,23,26-37,39,41-45,47,49-51H2,1-2H3,(H,60,63)/b17-15-,22-21-,25-24-,40-38+,48-46+. The Morgan fingerprint density at radius 3 is 1.34 bits per heavy atom. The van der Waals surface area contributed by atoms with E-state index in [-0.39, 0.29) is 12.5 Å². The molecule has 1 amide bonds. The van der Waals surface area contributed by atoms with Gasteiger partial charge in [0.1, 0.15) is 24.4 Å². The molecule has 1 aliphatic heterocycles. The Labute approximate surface area is 417 Å². The molecule has 68 heavy (non-hydrogen) atoms. The minimum absolute atomic E-state index is 0.188. The average Bonchev–Trinajstić information content (AvgIpc) is 3.34. The second-order valence-electron chi connectivity index (χ2n) is 19.7. The highest BCUT2D eigenvalue weighted by Gasteiger charge is 2.44. The first-order valence-corrected chi connectivity index (χ1v) is 28.5. The van der Waals surface area contributed by atoms with Crippen LogP contribution in [0.5, 0.6) is 0 Å². The number of unbranched alkanes of at least 4 members (excludes halogenated alkanes) is 30. The second-order valence-corrected chi connectivity index (χ2v) is 19.7. The molecule has 0 saturated carbocycles. The molecule has 0 radical (unpaired) electrons. The molecule has 1 fully saturated rings. The van der Waals surface area contributed by atoms with Crippen molar-refractivity contribution in [2.45, 2.75) is 294 Å². The van der Waals surface area contributed by atoms with Crippen molar-refractivity contribution >= 4 is 5.91 Å². The lowest BCUT2D eigenvalue weighted by Crippen LogP contribution is -2.60. The first kappa shape index (κ1) is 63.9. The maximum absolute atomic E-state index is 13.0. The van der Waals surface area contributed by atoms with Gasteiger partial charge < -0.3 is 40.3 Å². The fourth-order valence-electron chi connectivity index (χ4n) is 8.77.